The number of carbonyl (C=O) groups excluding carboxylic acids is 1. The van der Waals surface area contributed by atoms with Gasteiger partial charge in [0.25, 0.3) is 11.7 Å². The Labute approximate surface area is 118 Å². The minimum atomic E-state index is -0.0887. The summed E-state index contributed by atoms with van der Waals surface area (Å²) in [7, 11) is 0. The molecular formula is C14H22N4O2. The summed E-state index contributed by atoms with van der Waals surface area (Å²) in [5.41, 5.74) is 0. The predicted octanol–water partition coefficient (Wildman–Crippen LogP) is 1.75. The number of amides is 1. The van der Waals surface area contributed by atoms with Gasteiger partial charge in [0.15, 0.2) is 0 Å². The predicted molar refractivity (Wildman–Crippen MR) is 73.2 cm³/mol. The van der Waals surface area contributed by atoms with E-state index in [0.717, 1.165) is 38.8 Å². The van der Waals surface area contributed by atoms with E-state index in [1.807, 2.05) is 4.90 Å². The van der Waals surface area contributed by atoms with Gasteiger partial charge in [-0.25, -0.2) is 0 Å². The average molecular weight is 278 g/mol. The van der Waals surface area contributed by atoms with Crippen molar-refractivity contribution in [3.63, 3.8) is 0 Å². The molecule has 1 aromatic rings. The molecule has 110 valence electrons. The summed E-state index contributed by atoms with van der Waals surface area (Å²) >= 11 is 0. The Morgan fingerprint density at radius 1 is 1.45 bits per heavy atom. The van der Waals surface area contributed by atoms with Gasteiger partial charge in [-0.2, -0.15) is 4.98 Å². The normalized spacial score (nSPS) is 22.4. The van der Waals surface area contributed by atoms with Crippen LogP contribution in [0.5, 0.6) is 0 Å². The van der Waals surface area contributed by atoms with Crippen molar-refractivity contribution in [3.05, 3.63) is 11.7 Å². The van der Waals surface area contributed by atoms with Gasteiger partial charge >= 0.3 is 0 Å². The summed E-state index contributed by atoms with van der Waals surface area (Å²) in [6, 6.07) is 0.486. The van der Waals surface area contributed by atoms with E-state index in [9.17, 15) is 4.79 Å². The standard InChI is InChI=1S/C14H22N4O2/c1-9(2)8-18(10-5-6-10)14(19)12-16-13(20-17-12)11-4-3-7-15-11/h9-11,15H,3-8H2,1-2H3. The quantitative estimate of drug-likeness (QED) is 0.888. The van der Waals surface area contributed by atoms with Crippen molar-refractivity contribution in [2.24, 2.45) is 5.92 Å². The van der Waals surface area contributed by atoms with Gasteiger partial charge < -0.3 is 14.7 Å². The Kier molecular flexibility index (Phi) is 3.74. The van der Waals surface area contributed by atoms with Crippen LogP contribution < -0.4 is 5.32 Å². The maximum absolute atomic E-state index is 12.5. The molecule has 2 heterocycles. The molecule has 1 aromatic heterocycles. The first kappa shape index (κ1) is 13.5. The van der Waals surface area contributed by atoms with Crippen LogP contribution in [0, 0.1) is 5.92 Å². The highest BCUT2D eigenvalue weighted by molar-refractivity contribution is 5.90. The first-order valence-electron chi connectivity index (χ1n) is 7.53. The van der Waals surface area contributed by atoms with Crippen LogP contribution in [-0.2, 0) is 0 Å². The van der Waals surface area contributed by atoms with Crippen molar-refractivity contribution in [1.82, 2.24) is 20.4 Å². The van der Waals surface area contributed by atoms with E-state index in [2.05, 4.69) is 29.3 Å². The summed E-state index contributed by atoms with van der Waals surface area (Å²) < 4.78 is 5.25. The molecule has 0 aromatic carbocycles. The van der Waals surface area contributed by atoms with E-state index < -0.39 is 0 Å². The van der Waals surface area contributed by atoms with E-state index >= 15 is 0 Å². The first-order chi connectivity index (χ1) is 9.65. The molecule has 1 atom stereocenters. The highest BCUT2D eigenvalue weighted by Crippen LogP contribution is 2.29. The Bertz CT molecular complexity index is 475. The van der Waals surface area contributed by atoms with Crippen LogP contribution in [-0.4, -0.2) is 40.1 Å². The topological polar surface area (TPSA) is 71.3 Å². The lowest BCUT2D eigenvalue weighted by Crippen LogP contribution is -2.36. The Morgan fingerprint density at radius 2 is 2.25 bits per heavy atom. The van der Waals surface area contributed by atoms with E-state index in [0.29, 0.717) is 17.9 Å². The molecule has 2 aliphatic rings. The SMILES string of the molecule is CC(C)CN(C(=O)c1noc(C2CCCN2)n1)C1CC1. The van der Waals surface area contributed by atoms with E-state index in [1.165, 1.54) is 0 Å². The summed E-state index contributed by atoms with van der Waals surface area (Å²) in [6.07, 6.45) is 4.28. The second-order valence-electron chi connectivity index (χ2n) is 6.19. The van der Waals surface area contributed by atoms with Crippen LogP contribution in [0.2, 0.25) is 0 Å². The van der Waals surface area contributed by atoms with E-state index in [-0.39, 0.29) is 17.8 Å². The maximum Gasteiger partial charge on any atom is 0.295 e. The molecule has 20 heavy (non-hydrogen) atoms. The molecule has 0 radical (unpaired) electrons. The van der Waals surface area contributed by atoms with E-state index in [1.54, 1.807) is 0 Å². The zero-order valence-corrected chi connectivity index (χ0v) is 12.1. The summed E-state index contributed by atoms with van der Waals surface area (Å²) in [5.74, 6) is 1.11. The van der Waals surface area contributed by atoms with Gasteiger partial charge in [-0.1, -0.05) is 19.0 Å². The molecule has 1 aliphatic heterocycles. The number of hydrogen-bond acceptors (Lipinski definition) is 5. The lowest BCUT2D eigenvalue weighted by Gasteiger charge is -2.22. The maximum atomic E-state index is 12.5. The van der Waals surface area contributed by atoms with Crippen LogP contribution in [0.4, 0.5) is 0 Å². The first-order valence-corrected chi connectivity index (χ1v) is 7.53. The number of hydrogen-bond donors (Lipinski definition) is 1. The fourth-order valence-electron chi connectivity index (χ4n) is 2.66. The van der Waals surface area contributed by atoms with E-state index in [4.69, 9.17) is 4.52 Å². The zero-order chi connectivity index (χ0) is 14.1. The number of aromatic nitrogens is 2. The van der Waals surface area contributed by atoms with Crippen molar-refractivity contribution in [1.29, 1.82) is 0 Å². The van der Waals surface area contributed by atoms with Gasteiger partial charge in [-0.3, -0.25) is 4.79 Å². The fourth-order valence-corrected chi connectivity index (χ4v) is 2.66. The number of nitrogens with one attached hydrogen (secondary N) is 1. The van der Waals surface area contributed by atoms with Gasteiger partial charge in [-0.15, -0.1) is 0 Å². The molecule has 1 N–H and O–H groups in total. The third-order valence-electron chi connectivity index (χ3n) is 3.80. The molecule has 2 fully saturated rings. The summed E-state index contributed by atoms with van der Waals surface area (Å²) in [4.78, 5) is 18.7. The van der Waals surface area contributed by atoms with Crippen molar-refractivity contribution in [2.45, 2.75) is 51.6 Å². The van der Waals surface area contributed by atoms with Crippen LogP contribution >= 0.6 is 0 Å². The molecule has 3 rings (SSSR count). The third kappa shape index (κ3) is 2.85. The highest BCUT2D eigenvalue weighted by Gasteiger charge is 2.35. The van der Waals surface area contributed by atoms with Crippen LogP contribution in [0.15, 0.2) is 4.52 Å². The minimum absolute atomic E-state index is 0.0887. The van der Waals surface area contributed by atoms with Gasteiger partial charge in [-0.05, 0) is 38.1 Å². The molecule has 0 spiro atoms. The van der Waals surface area contributed by atoms with Crippen LogP contribution in [0.3, 0.4) is 0 Å². The number of carbonyl (C=O) groups is 1. The van der Waals surface area contributed by atoms with Gasteiger partial charge in [0, 0.05) is 12.6 Å². The molecule has 1 unspecified atom stereocenters. The van der Waals surface area contributed by atoms with Crippen molar-refractivity contribution < 1.29 is 9.32 Å². The third-order valence-corrected chi connectivity index (χ3v) is 3.80. The van der Waals surface area contributed by atoms with Crippen molar-refractivity contribution in [2.75, 3.05) is 13.1 Å². The van der Waals surface area contributed by atoms with Gasteiger partial charge in [0.2, 0.25) is 5.89 Å². The van der Waals surface area contributed by atoms with Crippen LogP contribution in [0.25, 0.3) is 0 Å². The molecule has 6 nitrogen and oxygen atoms in total. The minimum Gasteiger partial charge on any atom is -0.337 e. The van der Waals surface area contributed by atoms with Crippen LogP contribution in [0.1, 0.15) is 62.1 Å². The van der Waals surface area contributed by atoms with Crippen molar-refractivity contribution in [3.8, 4) is 0 Å². The monoisotopic (exact) mass is 278 g/mol. The molecule has 1 amide bonds. The molecule has 1 aliphatic carbocycles. The number of nitrogens with zero attached hydrogens (tertiary/aromatic N) is 3. The second-order valence-corrected chi connectivity index (χ2v) is 6.19. The Hall–Kier alpha value is -1.43. The van der Waals surface area contributed by atoms with Gasteiger partial charge in [0.05, 0.1) is 6.04 Å². The van der Waals surface area contributed by atoms with Gasteiger partial charge in [0.1, 0.15) is 0 Å². The number of rotatable bonds is 5. The fraction of sp³-hybridized carbons (Fsp3) is 0.786. The molecular weight excluding hydrogens is 256 g/mol. The largest absolute Gasteiger partial charge is 0.337 e. The molecule has 0 bridgehead atoms. The Morgan fingerprint density at radius 3 is 2.85 bits per heavy atom. The molecule has 1 saturated carbocycles. The molecule has 1 saturated heterocycles. The van der Waals surface area contributed by atoms with Crippen molar-refractivity contribution >= 4 is 5.91 Å². The zero-order valence-electron chi connectivity index (χ0n) is 12.1. The smallest absolute Gasteiger partial charge is 0.295 e. The highest BCUT2D eigenvalue weighted by atomic mass is 16.5. The average Bonchev–Trinajstić information content (AvgIpc) is 2.94. The summed E-state index contributed by atoms with van der Waals surface area (Å²) in [5, 5.41) is 7.18. The lowest BCUT2D eigenvalue weighted by molar-refractivity contribution is 0.0706. The summed E-state index contributed by atoms with van der Waals surface area (Å²) in [6.45, 7) is 5.96. The lowest BCUT2D eigenvalue weighted by atomic mass is 10.2. The Balaban J connectivity index is 1.71. The second kappa shape index (κ2) is 5.52. The molecule has 6 heteroatoms.